The highest BCUT2D eigenvalue weighted by Gasteiger charge is 2.48. The van der Waals surface area contributed by atoms with Gasteiger partial charge in [0.05, 0.1) is 18.4 Å². The van der Waals surface area contributed by atoms with Gasteiger partial charge in [0.25, 0.3) is 5.91 Å². The molecule has 0 bridgehead atoms. The first-order chi connectivity index (χ1) is 14.8. The SMILES string of the molecule is O=C(COC(=O)CN1C(=O)C2CCCCC2C1=O)NCC(=O)Nc1ccc(F)c(F)c1. The number of nitrogens with one attached hydrogen (secondary N) is 2. The highest BCUT2D eigenvalue weighted by atomic mass is 19.2. The third kappa shape index (κ3) is 5.41. The molecule has 31 heavy (non-hydrogen) atoms. The van der Waals surface area contributed by atoms with Crippen molar-refractivity contribution in [2.75, 3.05) is 25.0 Å². The average molecular weight is 437 g/mol. The Morgan fingerprint density at radius 3 is 2.26 bits per heavy atom. The van der Waals surface area contributed by atoms with Gasteiger partial charge in [-0.2, -0.15) is 0 Å². The minimum Gasteiger partial charge on any atom is -0.454 e. The van der Waals surface area contributed by atoms with Crippen LogP contribution in [0, 0.1) is 23.5 Å². The van der Waals surface area contributed by atoms with E-state index >= 15 is 0 Å². The van der Waals surface area contributed by atoms with Crippen molar-refractivity contribution in [3.8, 4) is 0 Å². The van der Waals surface area contributed by atoms with Gasteiger partial charge in [-0.1, -0.05) is 12.8 Å². The Hall–Kier alpha value is -3.37. The van der Waals surface area contributed by atoms with Crippen LogP contribution in [0.25, 0.3) is 0 Å². The zero-order valence-electron chi connectivity index (χ0n) is 16.5. The van der Waals surface area contributed by atoms with Crippen LogP contribution in [0.5, 0.6) is 0 Å². The van der Waals surface area contributed by atoms with E-state index in [9.17, 15) is 32.8 Å². The molecule has 4 amide bonds. The molecule has 1 aromatic rings. The van der Waals surface area contributed by atoms with Gasteiger partial charge in [0.2, 0.25) is 17.7 Å². The zero-order chi connectivity index (χ0) is 22.5. The summed E-state index contributed by atoms with van der Waals surface area (Å²) in [5.74, 6) is -6.15. The van der Waals surface area contributed by atoms with Crippen LogP contribution in [-0.2, 0) is 28.7 Å². The molecule has 1 aromatic carbocycles. The molecule has 1 saturated carbocycles. The normalized spacial score (nSPS) is 20.3. The van der Waals surface area contributed by atoms with Gasteiger partial charge < -0.3 is 15.4 Å². The van der Waals surface area contributed by atoms with E-state index in [1.54, 1.807) is 0 Å². The number of hydrogen-bond acceptors (Lipinski definition) is 6. The van der Waals surface area contributed by atoms with Gasteiger partial charge in [-0.15, -0.1) is 0 Å². The van der Waals surface area contributed by atoms with Crippen molar-refractivity contribution in [2.24, 2.45) is 11.8 Å². The number of amides is 4. The molecule has 11 heteroatoms. The quantitative estimate of drug-likeness (QED) is 0.479. The number of likely N-dealkylation sites (tertiary alicyclic amines) is 1. The number of fused-ring (bicyclic) bond motifs is 1. The van der Waals surface area contributed by atoms with Gasteiger partial charge >= 0.3 is 5.97 Å². The van der Waals surface area contributed by atoms with Crippen molar-refractivity contribution in [3.05, 3.63) is 29.8 Å². The van der Waals surface area contributed by atoms with Crippen molar-refractivity contribution < 1.29 is 37.5 Å². The molecule has 166 valence electrons. The van der Waals surface area contributed by atoms with Crippen LogP contribution in [0.15, 0.2) is 18.2 Å². The number of ether oxygens (including phenoxy) is 1. The molecule has 2 N–H and O–H groups in total. The number of benzene rings is 1. The Labute approximate surface area is 176 Å². The second-order valence-electron chi connectivity index (χ2n) is 7.37. The number of esters is 1. The number of halogens is 2. The number of imide groups is 1. The molecule has 0 radical (unpaired) electrons. The maximum Gasteiger partial charge on any atom is 0.326 e. The van der Waals surface area contributed by atoms with Gasteiger partial charge in [-0.25, -0.2) is 8.78 Å². The van der Waals surface area contributed by atoms with Crippen molar-refractivity contribution in [2.45, 2.75) is 25.7 Å². The van der Waals surface area contributed by atoms with E-state index in [-0.39, 0.29) is 29.3 Å². The minimum atomic E-state index is -1.14. The van der Waals surface area contributed by atoms with E-state index in [4.69, 9.17) is 4.74 Å². The van der Waals surface area contributed by atoms with E-state index < -0.39 is 49.1 Å². The fraction of sp³-hybridized carbons (Fsp3) is 0.450. The maximum absolute atomic E-state index is 13.1. The molecular formula is C20H21F2N3O6. The minimum absolute atomic E-state index is 0.00471. The highest BCUT2D eigenvalue weighted by molar-refractivity contribution is 6.07. The Morgan fingerprint density at radius 2 is 1.65 bits per heavy atom. The van der Waals surface area contributed by atoms with Crippen molar-refractivity contribution in [1.82, 2.24) is 10.2 Å². The van der Waals surface area contributed by atoms with Crippen LogP contribution in [0.4, 0.5) is 14.5 Å². The van der Waals surface area contributed by atoms with Gasteiger partial charge in [0, 0.05) is 11.8 Å². The Morgan fingerprint density at radius 1 is 1.00 bits per heavy atom. The van der Waals surface area contributed by atoms with Gasteiger partial charge in [0.1, 0.15) is 6.54 Å². The van der Waals surface area contributed by atoms with Crippen LogP contribution in [0.1, 0.15) is 25.7 Å². The van der Waals surface area contributed by atoms with Crippen molar-refractivity contribution >= 4 is 35.3 Å². The second-order valence-corrected chi connectivity index (χ2v) is 7.37. The third-order valence-electron chi connectivity index (χ3n) is 5.23. The molecule has 2 atom stereocenters. The first kappa shape index (κ1) is 22.3. The zero-order valence-corrected chi connectivity index (χ0v) is 16.5. The van der Waals surface area contributed by atoms with Crippen LogP contribution in [0.3, 0.4) is 0 Å². The molecule has 2 fully saturated rings. The van der Waals surface area contributed by atoms with Crippen LogP contribution < -0.4 is 10.6 Å². The topological polar surface area (TPSA) is 122 Å². The predicted molar refractivity (Wildman–Crippen MR) is 101 cm³/mol. The third-order valence-corrected chi connectivity index (χ3v) is 5.23. The van der Waals surface area contributed by atoms with Crippen LogP contribution >= 0.6 is 0 Å². The second kappa shape index (κ2) is 9.63. The number of rotatable bonds is 7. The molecule has 2 unspecified atom stereocenters. The van der Waals surface area contributed by atoms with Crippen molar-refractivity contribution in [3.63, 3.8) is 0 Å². The smallest absolute Gasteiger partial charge is 0.326 e. The molecule has 1 aliphatic heterocycles. The lowest BCUT2D eigenvalue weighted by molar-refractivity contribution is -0.155. The summed E-state index contributed by atoms with van der Waals surface area (Å²) in [7, 11) is 0. The summed E-state index contributed by atoms with van der Waals surface area (Å²) in [6, 6.07) is 2.78. The lowest BCUT2D eigenvalue weighted by Crippen LogP contribution is -2.39. The molecule has 0 aromatic heterocycles. The monoisotopic (exact) mass is 437 g/mol. The highest BCUT2D eigenvalue weighted by Crippen LogP contribution is 2.37. The first-order valence-corrected chi connectivity index (χ1v) is 9.78. The van der Waals surface area contributed by atoms with Gasteiger partial charge in [0.15, 0.2) is 18.2 Å². The van der Waals surface area contributed by atoms with E-state index in [1.165, 1.54) is 0 Å². The Bertz CT molecular complexity index is 898. The maximum atomic E-state index is 13.1. The molecule has 0 spiro atoms. The van der Waals surface area contributed by atoms with Crippen molar-refractivity contribution in [1.29, 1.82) is 0 Å². The number of anilines is 1. The number of hydrogen-bond donors (Lipinski definition) is 2. The van der Waals surface area contributed by atoms with Gasteiger partial charge in [-0.3, -0.25) is 28.9 Å². The molecule has 3 rings (SSSR count). The van der Waals surface area contributed by atoms with Gasteiger partial charge in [-0.05, 0) is 25.0 Å². The van der Waals surface area contributed by atoms with E-state index in [2.05, 4.69) is 10.6 Å². The summed E-state index contributed by atoms with van der Waals surface area (Å²) in [6.45, 7) is -1.77. The molecule has 1 heterocycles. The number of carbonyl (C=O) groups excluding carboxylic acids is 5. The van der Waals surface area contributed by atoms with E-state index in [0.717, 1.165) is 35.9 Å². The summed E-state index contributed by atoms with van der Waals surface area (Å²) in [5, 5.41) is 4.46. The number of nitrogens with zero attached hydrogens (tertiary/aromatic N) is 1. The molecule has 1 aliphatic carbocycles. The molecule has 9 nitrogen and oxygen atoms in total. The average Bonchev–Trinajstić information content (AvgIpc) is 2.98. The predicted octanol–water partition coefficient (Wildman–Crippen LogP) is 0.738. The standard InChI is InChI=1S/C20H21F2N3O6/c21-14-6-5-11(7-15(14)22)24-16(26)8-23-17(27)10-31-18(28)9-25-19(29)12-3-1-2-4-13(12)20(25)30/h5-7,12-13H,1-4,8-10H2,(H,23,27)(H,24,26). The summed E-state index contributed by atoms with van der Waals surface area (Å²) >= 11 is 0. The summed E-state index contributed by atoms with van der Waals surface area (Å²) in [6.07, 6.45) is 2.97. The summed E-state index contributed by atoms with van der Waals surface area (Å²) in [4.78, 5) is 61.0. The molecular weight excluding hydrogens is 416 g/mol. The lowest BCUT2D eigenvalue weighted by Gasteiger charge is -2.19. The fourth-order valence-electron chi connectivity index (χ4n) is 3.72. The van der Waals surface area contributed by atoms with Crippen LogP contribution in [0.2, 0.25) is 0 Å². The fourth-order valence-corrected chi connectivity index (χ4v) is 3.72. The molecule has 2 aliphatic rings. The van der Waals surface area contributed by atoms with E-state index in [0.29, 0.717) is 12.8 Å². The first-order valence-electron chi connectivity index (χ1n) is 9.78. The Kier molecular flexibility index (Phi) is 6.93. The summed E-state index contributed by atoms with van der Waals surface area (Å²) < 4.78 is 30.7. The van der Waals surface area contributed by atoms with E-state index in [1.807, 2.05) is 0 Å². The lowest BCUT2D eigenvalue weighted by atomic mass is 9.81. The molecule has 1 saturated heterocycles. The number of carbonyl (C=O) groups is 5. The Balaban J connectivity index is 1.38. The van der Waals surface area contributed by atoms with Crippen LogP contribution in [-0.4, -0.2) is 54.2 Å². The largest absolute Gasteiger partial charge is 0.454 e. The summed E-state index contributed by atoms with van der Waals surface area (Å²) in [5.41, 5.74) is 0.00471.